The highest BCUT2D eigenvalue weighted by molar-refractivity contribution is 7.99. The van der Waals surface area contributed by atoms with Crippen LogP contribution in [-0.2, 0) is 7.05 Å². The molecule has 122 valence electrons. The Kier molecular flexibility index (Phi) is 4.66. The van der Waals surface area contributed by atoms with Crippen LogP contribution < -0.4 is 5.32 Å². The van der Waals surface area contributed by atoms with Gasteiger partial charge < -0.3 is 9.88 Å². The summed E-state index contributed by atoms with van der Waals surface area (Å²) >= 11 is 1.53. The third-order valence-corrected chi connectivity index (χ3v) is 4.68. The zero-order valence-corrected chi connectivity index (χ0v) is 14.6. The topological polar surface area (TPSA) is 59.8 Å². The number of aromatic nitrogens is 3. The van der Waals surface area contributed by atoms with E-state index >= 15 is 0 Å². The molecule has 1 N–H and O–H groups in total. The zero-order chi connectivity index (χ0) is 17.1. The first-order valence-electron chi connectivity index (χ1n) is 7.53. The molecule has 1 amide bonds. The number of carbonyl (C=O) groups excluding carboxylic acids is 1. The number of carbonyl (C=O) groups is 1. The molecular formula is C18H18N4OS. The predicted molar refractivity (Wildman–Crippen MR) is 95.4 cm³/mol. The molecule has 0 bridgehead atoms. The summed E-state index contributed by atoms with van der Waals surface area (Å²) < 4.78 is 1.86. The molecule has 1 heterocycles. The first-order chi connectivity index (χ1) is 11.5. The van der Waals surface area contributed by atoms with E-state index in [1.54, 1.807) is 6.33 Å². The van der Waals surface area contributed by atoms with Gasteiger partial charge in [0.15, 0.2) is 5.16 Å². The Balaban J connectivity index is 1.69. The van der Waals surface area contributed by atoms with E-state index in [-0.39, 0.29) is 5.91 Å². The first-order valence-corrected chi connectivity index (χ1v) is 8.35. The van der Waals surface area contributed by atoms with Crippen molar-refractivity contribution in [3.05, 3.63) is 65.5 Å². The van der Waals surface area contributed by atoms with E-state index in [0.29, 0.717) is 5.56 Å². The molecule has 0 saturated heterocycles. The minimum Gasteiger partial charge on any atom is -0.322 e. The van der Waals surface area contributed by atoms with Gasteiger partial charge in [0.1, 0.15) is 6.33 Å². The summed E-state index contributed by atoms with van der Waals surface area (Å²) in [5.74, 6) is -0.0961. The van der Waals surface area contributed by atoms with Crippen molar-refractivity contribution in [1.29, 1.82) is 0 Å². The van der Waals surface area contributed by atoms with E-state index in [4.69, 9.17) is 0 Å². The molecule has 0 saturated carbocycles. The number of hydrogen-bond acceptors (Lipinski definition) is 4. The van der Waals surface area contributed by atoms with Gasteiger partial charge in [-0.1, -0.05) is 17.7 Å². The molecule has 5 nitrogen and oxygen atoms in total. The number of nitrogens with zero attached hydrogens (tertiary/aromatic N) is 3. The van der Waals surface area contributed by atoms with Gasteiger partial charge in [-0.15, -0.1) is 10.2 Å². The average Bonchev–Trinajstić information content (AvgIpc) is 2.94. The third-order valence-electron chi connectivity index (χ3n) is 3.62. The molecule has 3 aromatic rings. The summed E-state index contributed by atoms with van der Waals surface area (Å²) in [4.78, 5) is 13.4. The van der Waals surface area contributed by atoms with Crippen LogP contribution in [0.3, 0.4) is 0 Å². The summed E-state index contributed by atoms with van der Waals surface area (Å²) in [5.41, 5.74) is 3.58. The van der Waals surface area contributed by atoms with Gasteiger partial charge in [0.2, 0.25) is 0 Å². The van der Waals surface area contributed by atoms with E-state index in [1.807, 2.05) is 67.9 Å². The largest absolute Gasteiger partial charge is 0.322 e. The summed E-state index contributed by atoms with van der Waals surface area (Å²) in [6.07, 6.45) is 1.67. The fourth-order valence-corrected chi connectivity index (χ4v) is 3.11. The Morgan fingerprint density at radius 1 is 1.12 bits per heavy atom. The predicted octanol–water partition coefficient (Wildman–Crippen LogP) is 3.84. The Labute approximate surface area is 145 Å². The standard InChI is InChI=1S/C18H18N4OS/c1-12-4-9-16(13(2)10-12)17(23)20-14-5-7-15(8-6-14)24-18-21-19-11-22(18)3/h4-11H,1-3H3,(H,20,23). The monoisotopic (exact) mass is 338 g/mol. The number of aryl methyl sites for hydroxylation is 3. The van der Waals surface area contributed by atoms with Gasteiger partial charge in [0, 0.05) is 23.2 Å². The minimum absolute atomic E-state index is 0.0961. The van der Waals surface area contributed by atoms with Crippen molar-refractivity contribution >= 4 is 23.4 Å². The smallest absolute Gasteiger partial charge is 0.255 e. The van der Waals surface area contributed by atoms with Gasteiger partial charge in [-0.05, 0) is 61.5 Å². The third kappa shape index (κ3) is 3.65. The summed E-state index contributed by atoms with van der Waals surface area (Å²) in [5, 5.41) is 11.7. The van der Waals surface area contributed by atoms with Gasteiger partial charge in [0.25, 0.3) is 5.91 Å². The molecule has 24 heavy (non-hydrogen) atoms. The highest BCUT2D eigenvalue weighted by Gasteiger charge is 2.10. The van der Waals surface area contributed by atoms with Crippen LogP contribution in [0.1, 0.15) is 21.5 Å². The van der Waals surface area contributed by atoms with Gasteiger partial charge in [0.05, 0.1) is 0 Å². The molecule has 0 aliphatic heterocycles. The number of hydrogen-bond donors (Lipinski definition) is 1. The Morgan fingerprint density at radius 2 is 1.88 bits per heavy atom. The maximum Gasteiger partial charge on any atom is 0.255 e. The molecule has 0 aliphatic rings. The molecule has 0 atom stereocenters. The van der Waals surface area contributed by atoms with Crippen LogP contribution >= 0.6 is 11.8 Å². The van der Waals surface area contributed by atoms with Crippen LogP contribution in [0.4, 0.5) is 5.69 Å². The molecule has 3 rings (SSSR count). The van der Waals surface area contributed by atoms with Crippen LogP contribution in [-0.4, -0.2) is 20.7 Å². The van der Waals surface area contributed by atoms with Crippen molar-refractivity contribution in [2.45, 2.75) is 23.9 Å². The summed E-state index contributed by atoms with van der Waals surface area (Å²) in [6, 6.07) is 13.5. The SMILES string of the molecule is Cc1ccc(C(=O)Nc2ccc(Sc3nncn3C)cc2)c(C)c1. The molecule has 0 unspecified atom stereocenters. The van der Waals surface area contributed by atoms with E-state index in [9.17, 15) is 4.79 Å². The lowest BCUT2D eigenvalue weighted by atomic mass is 10.1. The van der Waals surface area contributed by atoms with Crippen molar-refractivity contribution < 1.29 is 4.79 Å². The van der Waals surface area contributed by atoms with Gasteiger partial charge >= 0.3 is 0 Å². The van der Waals surface area contributed by atoms with E-state index in [1.165, 1.54) is 11.8 Å². The normalized spacial score (nSPS) is 10.6. The van der Waals surface area contributed by atoms with Crippen LogP contribution in [0.25, 0.3) is 0 Å². The minimum atomic E-state index is -0.0961. The Hall–Kier alpha value is -2.60. The molecular weight excluding hydrogens is 320 g/mol. The molecule has 0 fully saturated rings. The lowest BCUT2D eigenvalue weighted by Crippen LogP contribution is -2.13. The maximum absolute atomic E-state index is 12.4. The highest BCUT2D eigenvalue weighted by Crippen LogP contribution is 2.26. The first kappa shape index (κ1) is 16.3. The van der Waals surface area contributed by atoms with Crippen molar-refractivity contribution in [1.82, 2.24) is 14.8 Å². The second-order valence-electron chi connectivity index (χ2n) is 5.62. The van der Waals surface area contributed by atoms with Crippen molar-refractivity contribution in [2.75, 3.05) is 5.32 Å². The van der Waals surface area contributed by atoms with Gasteiger partial charge in [-0.25, -0.2) is 0 Å². The Morgan fingerprint density at radius 3 is 2.50 bits per heavy atom. The number of nitrogens with one attached hydrogen (secondary N) is 1. The lowest BCUT2D eigenvalue weighted by molar-refractivity contribution is 0.102. The molecule has 0 spiro atoms. The van der Waals surface area contributed by atoms with Crippen LogP contribution in [0, 0.1) is 13.8 Å². The lowest BCUT2D eigenvalue weighted by Gasteiger charge is -2.09. The van der Waals surface area contributed by atoms with E-state index in [0.717, 1.165) is 26.9 Å². The van der Waals surface area contributed by atoms with Crippen LogP contribution in [0.5, 0.6) is 0 Å². The number of amides is 1. The molecule has 0 aliphatic carbocycles. The van der Waals surface area contributed by atoms with Crippen molar-refractivity contribution in [2.24, 2.45) is 7.05 Å². The van der Waals surface area contributed by atoms with Crippen LogP contribution in [0.15, 0.2) is 58.8 Å². The summed E-state index contributed by atoms with van der Waals surface area (Å²) in [6.45, 7) is 3.96. The highest BCUT2D eigenvalue weighted by atomic mass is 32.2. The van der Waals surface area contributed by atoms with Crippen molar-refractivity contribution in [3.8, 4) is 0 Å². The second-order valence-corrected chi connectivity index (χ2v) is 6.66. The second kappa shape index (κ2) is 6.88. The molecule has 0 radical (unpaired) electrons. The average molecular weight is 338 g/mol. The molecule has 6 heteroatoms. The van der Waals surface area contributed by atoms with E-state index < -0.39 is 0 Å². The fourth-order valence-electron chi connectivity index (χ4n) is 2.34. The summed E-state index contributed by atoms with van der Waals surface area (Å²) in [7, 11) is 1.90. The molecule has 2 aromatic carbocycles. The number of benzene rings is 2. The quantitative estimate of drug-likeness (QED) is 0.785. The van der Waals surface area contributed by atoms with E-state index in [2.05, 4.69) is 15.5 Å². The van der Waals surface area contributed by atoms with Gasteiger partial charge in [-0.2, -0.15) is 0 Å². The molecule has 1 aromatic heterocycles. The van der Waals surface area contributed by atoms with Crippen LogP contribution in [0.2, 0.25) is 0 Å². The fraction of sp³-hybridized carbons (Fsp3) is 0.167. The Bertz CT molecular complexity index is 871. The van der Waals surface area contributed by atoms with Gasteiger partial charge in [-0.3, -0.25) is 4.79 Å². The number of anilines is 1. The van der Waals surface area contributed by atoms with Crippen molar-refractivity contribution in [3.63, 3.8) is 0 Å². The maximum atomic E-state index is 12.4. The zero-order valence-electron chi connectivity index (χ0n) is 13.8. The number of rotatable bonds is 4.